The number of anilines is 1. The first kappa shape index (κ1) is 16.1. The Hall–Kier alpha value is -1.31. The smallest absolute Gasteiger partial charge is 0.273 e. The van der Waals surface area contributed by atoms with Crippen LogP contribution >= 0.6 is 22.9 Å². The molecule has 2 aromatic rings. The lowest BCUT2D eigenvalue weighted by Gasteiger charge is -2.08. The van der Waals surface area contributed by atoms with Crippen LogP contribution in [0.15, 0.2) is 28.5 Å². The number of aromatic nitrogens is 1. The maximum Gasteiger partial charge on any atom is 0.273 e. The Morgan fingerprint density at radius 1 is 1.33 bits per heavy atom. The summed E-state index contributed by atoms with van der Waals surface area (Å²) in [4.78, 5) is 3.91. The number of hydrogen-bond acceptors (Lipinski definition) is 5. The van der Waals surface area contributed by atoms with Crippen LogP contribution in [-0.2, 0) is 10.0 Å². The van der Waals surface area contributed by atoms with E-state index >= 15 is 0 Å². The van der Waals surface area contributed by atoms with Gasteiger partial charge in [-0.1, -0.05) is 29.9 Å². The van der Waals surface area contributed by atoms with Gasteiger partial charge in [0.1, 0.15) is 5.75 Å². The lowest BCUT2D eigenvalue weighted by atomic mass is 10.3. The first-order chi connectivity index (χ1) is 9.92. The van der Waals surface area contributed by atoms with Crippen molar-refractivity contribution in [2.75, 3.05) is 11.3 Å². The zero-order valence-corrected chi connectivity index (χ0v) is 14.0. The van der Waals surface area contributed by atoms with Gasteiger partial charge in [-0.05, 0) is 37.6 Å². The molecule has 1 heterocycles. The number of ether oxygens (including phenoxy) is 1. The predicted molar refractivity (Wildman–Crippen MR) is 84.9 cm³/mol. The van der Waals surface area contributed by atoms with Crippen LogP contribution in [0.3, 0.4) is 0 Å². The van der Waals surface area contributed by atoms with Gasteiger partial charge in [-0.2, -0.15) is 0 Å². The quantitative estimate of drug-likeness (QED) is 0.866. The van der Waals surface area contributed by atoms with Crippen molar-refractivity contribution in [3.05, 3.63) is 34.4 Å². The normalized spacial score (nSPS) is 11.4. The van der Waals surface area contributed by atoms with Gasteiger partial charge in [0.05, 0.1) is 12.3 Å². The van der Waals surface area contributed by atoms with Gasteiger partial charge in [0.25, 0.3) is 10.0 Å². The highest BCUT2D eigenvalue weighted by atomic mass is 35.5. The van der Waals surface area contributed by atoms with Gasteiger partial charge >= 0.3 is 0 Å². The minimum absolute atomic E-state index is 0.124. The number of nitrogens with one attached hydrogen (secondary N) is 1. The van der Waals surface area contributed by atoms with Crippen molar-refractivity contribution >= 4 is 38.6 Å². The van der Waals surface area contributed by atoms with Gasteiger partial charge < -0.3 is 4.74 Å². The molecule has 21 heavy (non-hydrogen) atoms. The van der Waals surface area contributed by atoms with Crippen LogP contribution in [0, 0.1) is 6.92 Å². The van der Waals surface area contributed by atoms with Crippen molar-refractivity contribution in [2.24, 2.45) is 0 Å². The molecule has 0 atom stereocenters. The summed E-state index contributed by atoms with van der Waals surface area (Å²) >= 11 is 6.68. The summed E-state index contributed by atoms with van der Waals surface area (Å²) in [6, 6.07) is 6.75. The molecule has 0 aliphatic heterocycles. The average molecular weight is 347 g/mol. The van der Waals surface area contributed by atoms with Gasteiger partial charge in [-0.25, -0.2) is 13.4 Å². The van der Waals surface area contributed by atoms with E-state index in [4.69, 9.17) is 16.3 Å². The Labute approximate surface area is 133 Å². The van der Waals surface area contributed by atoms with Crippen LogP contribution in [0.25, 0.3) is 0 Å². The molecule has 1 aromatic heterocycles. The lowest BCUT2D eigenvalue weighted by Crippen LogP contribution is -2.12. The molecule has 0 aliphatic carbocycles. The zero-order chi connectivity index (χ0) is 15.5. The van der Waals surface area contributed by atoms with E-state index in [0.29, 0.717) is 23.7 Å². The first-order valence-corrected chi connectivity index (χ1v) is 8.98. The lowest BCUT2D eigenvalue weighted by molar-refractivity contribution is 0.317. The van der Waals surface area contributed by atoms with E-state index in [0.717, 1.165) is 17.8 Å². The molecular weight excluding hydrogens is 332 g/mol. The minimum Gasteiger partial charge on any atom is -0.494 e. The number of aryl methyl sites for hydroxylation is 1. The number of hydrogen-bond donors (Lipinski definition) is 1. The van der Waals surface area contributed by atoms with Crippen LogP contribution in [0.1, 0.15) is 19.0 Å². The van der Waals surface area contributed by atoms with Crippen molar-refractivity contribution in [2.45, 2.75) is 24.5 Å². The summed E-state index contributed by atoms with van der Waals surface area (Å²) in [5.74, 6) is 0.705. The molecule has 0 aliphatic rings. The van der Waals surface area contributed by atoms with E-state index in [2.05, 4.69) is 9.71 Å². The molecular formula is C13H15ClN2O3S2. The standard InChI is InChI=1S/C13H15ClN2O3S2/c1-3-8-19-11-6-4-10(5-7-11)16-21(17,18)12-9(2)15-13(14)20-12/h4-7,16H,3,8H2,1-2H3. The minimum atomic E-state index is -3.67. The Morgan fingerprint density at radius 3 is 2.52 bits per heavy atom. The van der Waals surface area contributed by atoms with Crippen molar-refractivity contribution < 1.29 is 13.2 Å². The van der Waals surface area contributed by atoms with E-state index in [1.165, 1.54) is 0 Å². The van der Waals surface area contributed by atoms with E-state index in [9.17, 15) is 8.42 Å². The fourth-order valence-electron chi connectivity index (χ4n) is 1.64. The van der Waals surface area contributed by atoms with Crippen molar-refractivity contribution in [1.82, 2.24) is 4.98 Å². The molecule has 2 rings (SSSR count). The number of thiazole rings is 1. The number of nitrogens with zero attached hydrogens (tertiary/aromatic N) is 1. The van der Waals surface area contributed by atoms with Gasteiger partial charge in [0.2, 0.25) is 0 Å². The number of rotatable bonds is 6. The number of benzene rings is 1. The number of sulfonamides is 1. The highest BCUT2D eigenvalue weighted by molar-refractivity contribution is 7.94. The molecule has 1 N–H and O–H groups in total. The molecule has 0 fully saturated rings. The highest BCUT2D eigenvalue weighted by Gasteiger charge is 2.21. The summed E-state index contributed by atoms with van der Waals surface area (Å²) in [5, 5.41) is 0. The first-order valence-electron chi connectivity index (χ1n) is 6.31. The van der Waals surface area contributed by atoms with Gasteiger partial charge in [0.15, 0.2) is 8.68 Å². The van der Waals surface area contributed by atoms with Crippen molar-refractivity contribution in [3.63, 3.8) is 0 Å². The fourth-order valence-corrected chi connectivity index (χ4v) is 4.44. The molecule has 0 radical (unpaired) electrons. The second-order valence-corrected chi connectivity index (χ2v) is 7.78. The second kappa shape index (κ2) is 6.64. The molecule has 5 nitrogen and oxygen atoms in total. The molecule has 0 unspecified atom stereocenters. The Balaban J connectivity index is 2.15. The fraction of sp³-hybridized carbons (Fsp3) is 0.308. The summed E-state index contributed by atoms with van der Waals surface area (Å²) < 4.78 is 32.8. The molecule has 0 saturated carbocycles. The highest BCUT2D eigenvalue weighted by Crippen LogP contribution is 2.28. The Kier molecular flexibility index (Phi) is 5.08. The van der Waals surface area contributed by atoms with Crippen LogP contribution in [0.5, 0.6) is 5.75 Å². The molecule has 0 bridgehead atoms. The van der Waals surface area contributed by atoms with Crippen molar-refractivity contribution in [3.8, 4) is 5.75 Å². The largest absolute Gasteiger partial charge is 0.494 e. The molecule has 0 saturated heterocycles. The zero-order valence-electron chi connectivity index (χ0n) is 11.6. The average Bonchev–Trinajstić information content (AvgIpc) is 2.77. The van der Waals surface area contributed by atoms with Crippen molar-refractivity contribution in [1.29, 1.82) is 0 Å². The monoisotopic (exact) mass is 346 g/mol. The SMILES string of the molecule is CCCOc1ccc(NS(=O)(=O)c2sc(Cl)nc2C)cc1. The second-order valence-electron chi connectivity index (χ2n) is 4.32. The van der Waals surface area contributed by atoms with Crippen LogP contribution in [0.2, 0.25) is 4.47 Å². The Morgan fingerprint density at radius 2 is 2.00 bits per heavy atom. The summed E-state index contributed by atoms with van der Waals surface area (Å²) in [5.41, 5.74) is 0.850. The third-order valence-electron chi connectivity index (χ3n) is 2.55. The predicted octanol–water partition coefficient (Wildman–Crippen LogP) is 3.69. The molecule has 114 valence electrons. The summed E-state index contributed by atoms with van der Waals surface area (Å²) in [6.45, 7) is 4.26. The van der Waals surface area contributed by atoms with Gasteiger partial charge in [-0.15, -0.1) is 0 Å². The third-order valence-corrected chi connectivity index (χ3v) is 5.80. The van der Waals surface area contributed by atoms with Crippen LogP contribution in [-0.4, -0.2) is 20.0 Å². The van der Waals surface area contributed by atoms with Gasteiger partial charge in [-0.3, -0.25) is 4.72 Å². The summed E-state index contributed by atoms with van der Waals surface area (Å²) in [7, 11) is -3.67. The van der Waals surface area contributed by atoms with E-state index < -0.39 is 10.0 Å². The summed E-state index contributed by atoms with van der Waals surface area (Å²) in [6.07, 6.45) is 0.916. The van der Waals surface area contributed by atoms with E-state index in [1.807, 2.05) is 6.92 Å². The topological polar surface area (TPSA) is 68.3 Å². The van der Waals surface area contributed by atoms with E-state index in [1.54, 1.807) is 31.2 Å². The Bertz CT molecular complexity index is 712. The molecule has 0 amide bonds. The molecule has 8 heteroatoms. The maximum atomic E-state index is 12.3. The number of halogens is 1. The van der Waals surface area contributed by atoms with E-state index in [-0.39, 0.29) is 8.68 Å². The molecule has 1 aromatic carbocycles. The van der Waals surface area contributed by atoms with Crippen LogP contribution in [0.4, 0.5) is 5.69 Å². The maximum absolute atomic E-state index is 12.3. The van der Waals surface area contributed by atoms with Gasteiger partial charge in [0, 0.05) is 5.69 Å². The molecule has 0 spiro atoms. The van der Waals surface area contributed by atoms with Crippen LogP contribution < -0.4 is 9.46 Å². The third kappa shape index (κ3) is 4.09.